The van der Waals surface area contributed by atoms with Crippen molar-refractivity contribution in [2.75, 3.05) is 13.2 Å². The molecule has 0 heterocycles. The van der Waals surface area contributed by atoms with Crippen molar-refractivity contribution in [1.82, 2.24) is 4.72 Å². The third-order valence-corrected chi connectivity index (χ3v) is 4.83. The van der Waals surface area contributed by atoms with Crippen LogP contribution in [0.4, 0.5) is 0 Å². The molecule has 2 aromatic rings. The van der Waals surface area contributed by atoms with Crippen LogP contribution in [0.15, 0.2) is 53.4 Å². The average Bonchev–Trinajstić information content (AvgIpc) is 2.45. The maximum absolute atomic E-state index is 12.1. The van der Waals surface area contributed by atoms with E-state index < -0.39 is 10.0 Å². The molecule has 112 valence electrons. The third kappa shape index (κ3) is 4.20. The van der Waals surface area contributed by atoms with Gasteiger partial charge >= 0.3 is 0 Å². The van der Waals surface area contributed by atoms with Crippen LogP contribution in [0.2, 0.25) is 5.02 Å². The van der Waals surface area contributed by atoms with E-state index in [0.29, 0.717) is 0 Å². The Hall–Kier alpha value is -1.56. The number of nitrogens with one attached hydrogen (secondary N) is 1. The molecule has 1 N–H and O–H groups in total. The van der Waals surface area contributed by atoms with Crippen molar-refractivity contribution in [3.05, 3.63) is 59.1 Å². The van der Waals surface area contributed by atoms with E-state index in [-0.39, 0.29) is 23.1 Å². The zero-order valence-corrected chi connectivity index (χ0v) is 13.1. The zero-order chi connectivity index (χ0) is 15.3. The van der Waals surface area contributed by atoms with E-state index in [1.165, 1.54) is 6.07 Å². The predicted molar refractivity (Wildman–Crippen MR) is 83.3 cm³/mol. The van der Waals surface area contributed by atoms with Crippen molar-refractivity contribution in [3.8, 4) is 5.75 Å². The Balaban J connectivity index is 1.92. The van der Waals surface area contributed by atoms with Gasteiger partial charge in [0.05, 0.1) is 5.02 Å². The van der Waals surface area contributed by atoms with Crippen LogP contribution in [0, 0.1) is 6.92 Å². The maximum atomic E-state index is 12.1. The summed E-state index contributed by atoms with van der Waals surface area (Å²) >= 11 is 5.89. The van der Waals surface area contributed by atoms with Gasteiger partial charge in [-0.05, 0) is 30.7 Å². The van der Waals surface area contributed by atoms with Gasteiger partial charge in [0.2, 0.25) is 10.0 Å². The molecule has 0 saturated carbocycles. The van der Waals surface area contributed by atoms with Crippen LogP contribution in [0.1, 0.15) is 5.56 Å². The van der Waals surface area contributed by atoms with E-state index in [9.17, 15) is 8.42 Å². The summed E-state index contributed by atoms with van der Waals surface area (Å²) in [7, 11) is -3.62. The van der Waals surface area contributed by atoms with Crippen molar-refractivity contribution >= 4 is 21.6 Å². The molecule has 0 amide bonds. The van der Waals surface area contributed by atoms with Crippen LogP contribution in [0.25, 0.3) is 0 Å². The van der Waals surface area contributed by atoms with Gasteiger partial charge in [0.1, 0.15) is 17.3 Å². The second-order valence-corrected chi connectivity index (χ2v) is 6.58. The Morgan fingerprint density at radius 2 is 1.76 bits per heavy atom. The van der Waals surface area contributed by atoms with E-state index in [2.05, 4.69) is 4.72 Å². The molecule has 0 spiro atoms. The van der Waals surface area contributed by atoms with Crippen LogP contribution in [-0.2, 0) is 10.0 Å². The van der Waals surface area contributed by atoms with Gasteiger partial charge in [0.15, 0.2) is 0 Å². The summed E-state index contributed by atoms with van der Waals surface area (Å²) in [6.45, 7) is 2.35. The summed E-state index contributed by atoms with van der Waals surface area (Å²) in [5.74, 6) is 0.745. The Labute approximate surface area is 129 Å². The van der Waals surface area contributed by atoms with E-state index in [4.69, 9.17) is 16.3 Å². The van der Waals surface area contributed by atoms with Gasteiger partial charge in [-0.1, -0.05) is 41.9 Å². The summed E-state index contributed by atoms with van der Waals surface area (Å²) in [5, 5.41) is 0.199. The molecule has 6 heteroatoms. The highest BCUT2D eigenvalue weighted by atomic mass is 35.5. The van der Waals surface area contributed by atoms with Crippen molar-refractivity contribution in [2.45, 2.75) is 11.8 Å². The Morgan fingerprint density at radius 3 is 2.48 bits per heavy atom. The molecule has 0 aliphatic rings. The summed E-state index contributed by atoms with van der Waals surface area (Å²) in [6, 6.07) is 13.9. The van der Waals surface area contributed by atoms with Gasteiger partial charge in [0, 0.05) is 6.54 Å². The number of halogens is 1. The molecule has 0 fully saturated rings. The van der Waals surface area contributed by atoms with Crippen molar-refractivity contribution < 1.29 is 13.2 Å². The molecule has 0 unspecified atom stereocenters. The van der Waals surface area contributed by atoms with Crippen molar-refractivity contribution in [2.24, 2.45) is 0 Å². The molecule has 0 aliphatic carbocycles. The van der Waals surface area contributed by atoms with Gasteiger partial charge < -0.3 is 4.74 Å². The maximum Gasteiger partial charge on any atom is 0.242 e. The highest BCUT2D eigenvalue weighted by Crippen LogP contribution is 2.20. The molecule has 0 bridgehead atoms. The summed E-state index contributed by atoms with van der Waals surface area (Å²) < 4.78 is 32.2. The molecule has 2 aromatic carbocycles. The normalized spacial score (nSPS) is 11.3. The molecule has 0 aromatic heterocycles. The third-order valence-electron chi connectivity index (χ3n) is 2.87. The molecule has 4 nitrogen and oxygen atoms in total. The topological polar surface area (TPSA) is 55.4 Å². The molecule has 0 atom stereocenters. The highest BCUT2D eigenvalue weighted by Gasteiger charge is 2.16. The van der Waals surface area contributed by atoms with Crippen LogP contribution in [0.5, 0.6) is 5.75 Å². The molecular weight excluding hydrogens is 310 g/mol. The minimum absolute atomic E-state index is 0.0718. The lowest BCUT2D eigenvalue weighted by atomic mass is 10.2. The van der Waals surface area contributed by atoms with Crippen molar-refractivity contribution in [3.63, 3.8) is 0 Å². The first kappa shape index (κ1) is 15.8. The molecule has 2 rings (SSSR count). The Kier molecular flexibility index (Phi) is 5.22. The summed E-state index contributed by atoms with van der Waals surface area (Å²) in [6.07, 6.45) is 0. The Morgan fingerprint density at radius 1 is 1.10 bits per heavy atom. The number of benzene rings is 2. The Bertz CT molecular complexity index is 716. The number of para-hydroxylation sites is 1. The van der Waals surface area contributed by atoms with Crippen LogP contribution >= 0.6 is 11.6 Å². The molecule has 0 radical (unpaired) electrons. The monoisotopic (exact) mass is 325 g/mol. The first-order valence-electron chi connectivity index (χ1n) is 6.43. The van der Waals surface area contributed by atoms with Gasteiger partial charge in [-0.3, -0.25) is 0 Å². The largest absolute Gasteiger partial charge is 0.492 e. The highest BCUT2D eigenvalue weighted by molar-refractivity contribution is 7.89. The predicted octanol–water partition coefficient (Wildman–Crippen LogP) is 3.01. The SMILES string of the molecule is Cc1ccccc1OCCNS(=O)(=O)c1ccccc1Cl. The van der Waals surface area contributed by atoms with Gasteiger partial charge in [0.25, 0.3) is 0 Å². The van der Waals surface area contributed by atoms with E-state index in [1.54, 1.807) is 18.2 Å². The molecule has 21 heavy (non-hydrogen) atoms. The fourth-order valence-corrected chi connectivity index (χ4v) is 3.33. The van der Waals surface area contributed by atoms with Gasteiger partial charge in [-0.15, -0.1) is 0 Å². The number of aryl methyl sites for hydroxylation is 1. The lowest BCUT2D eigenvalue weighted by Gasteiger charge is -2.10. The lowest BCUT2D eigenvalue weighted by Crippen LogP contribution is -2.28. The molecule has 0 saturated heterocycles. The minimum Gasteiger partial charge on any atom is -0.492 e. The quantitative estimate of drug-likeness (QED) is 0.831. The minimum atomic E-state index is -3.62. The van der Waals surface area contributed by atoms with Crippen LogP contribution in [0.3, 0.4) is 0 Å². The standard InChI is InChI=1S/C15H16ClNO3S/c1-12-6-2-4-8-14(12)20-11-10-17-21(18,19)15-9-5-3-7-13(15)16/h2-9,17H,10-11H2,1H3. The van der Waals surface area contributed by atoms with E-state index >= 15 is 0 Å². The van der Waals surface area contributed by atoms with Crippen LogP contribution in [-0.4, -0.2) is 21.6 Å². The van der Waals surface area contributed by atoms with Gasteiger partial charge in [-0.2, -0.15) is 0 Å². The van der Waals surface area contributed by atoms with Gasteiger partial charge in [-0.25, -0.2) is 13.1 Å². The first-order chi connectivity index (χ1) is 10.0. The zero-order valence-electron chi connectivity index (χ0n) is 11.5. The van der Waals surface area contributed by atoms with E-state index in [1.807, 2.05) is 31.2 Å². The average molecular weight is 326 g/mol. The second kappa shape index (κ2) is 6.93. The van der Waals surface area contributed by atoms with Crippen molar-refractivity contribution in [1.29, 1.82) is 0 Å². The molecular formula is C15H16ClNO3S. The lowest BCUT2D eigenvalue weighted by molar-refractivity contribution is 0.320. The molecule has 0 aliphatic heterocycles. The fraction of sp³-hybridized carbons (Fsp3) is 0.200. The van der Waals surface area contributed by atoms with Crippen LogP contribution < -0.4 is 9.46 Å². The summed E-state index contributed by atoms with van der Waals surface area (Å²) in [5.41, 5.74) is 1.01. The summed E-state index contributed by atoms with van der Waals surface area (Å²) in [4.78, 5) is 0.0718. The number of rotatable bonds is 6. The number of hydrogen-bond acceptors (Lipinski definition) is 3. The second-order valence-electron chi connectivity index (χ2n) is 4.44. The fourth-order valence-electron chi connectivity index (χ4n) is 1.80. The number of ether oxygens (including phenoxy) is 1. The number of sulfonamides is 1. The smallest absolute Gasteiger partial charge is 0.242 e. The number of hydrogen-bond donors (Lipinski definition) is 1. The first-order valence-corrected chi connectivity index (χ1v) is 8.29. The van der Waals surface area contributed by atoms with E-state index in [0.717, 1.165) is 11.3 Å².